The Kier molecular flexibility index (Phi) is 4.32. The monoisotopic (exact) mass is 315 g/mol. The molecule has 22 heavy (non-hydrogen) atoms. The van der Waals surface area contributed by atoms with Gasteiger partial charge in [0, 0.05) is 6.54 Å². The quantitative estimate of drug-likeness (QED) is 0.922. The third-order valence-corrected chi connectivity index (χ3v) is 5.79. The highest BCUT2D eigenvalue weighted by atomic mass is 32.2. The summed E-state index contributed by atoms with van der Waals surface area (Å²) in [7, 11) is -3.41. The van der Waals surface area contributed by atoms with E-state index in [2.05, 4.69) is 4.72 Å². The second-order valence-corrected chi connectivity index (χ2v) is 7.63. The summed E-state index contributed by atoms with van der Waals surface area (Å²) >= 11 is 0. The first-order chi connectivity index (χ1) is 10.6. The summed E-state index contributed by atoms with van der Waals surface area (Å²) in [4.78, 5) is 0.387. The maximum absolute atomic E-state index is 12.4. The summed E-state index contributed by atoms with van der Waals surface area (Å²) in [6, 6.07) is 13.6. The normalized spacial score (nSPS) is 14.0. The second kappa shape index (κ2) is 6.23. The van der Waals surface area contributed by atoms with Crippen molar-refractivity contribution >= 4 is 10.0 Å². The van der Waals surface area contributed by atoms with Gasteiger partial charge in [-0.05, 0) is 67.0 Å². The van der Waals surface area contributed by atoms with Crippen LogP contribution in [0.3, 0.4) is 0 Å². The van der Waals surface area contributed by atoms with E-state index >= 15 is 0 Å². The number of hydrogen-bond acceptors (Lipinski definition) is 2. The Hall–Kier alpha value is -1.65. The predicted molar refractivity (Wildman–Crippen MR) is 88.5 cm³/mol. The molecule has 0 atom stereocenters. The van der Waals surface area contributed by atoms with Gasteiger partial charge in [0.2, 0.25) is 10.0 Å². The van der Waals surface area contributed by atoms with E-state index in [0.717, 1.165) is 19.3 Å². The van der Waals surface area contributed by atoms with Crippen LogP contribution < -0.4 is 4.72 Å². The van der Waals surface area contributed by atoms with Crippen molar-refractivity contribution in [3.63, 3.8) is 0 Å². The summed E-state index contributed by atoms with van der Waals surface area (Å²) in [5.41, 5.74) is 4.85. The van der Waals surface area contributed by atoms with Gasteiger partial charge < -0.3 is 0 Å². The van der Waals surface area contributed by atoms with Crippen LogP contribution in [0.2, 0.25) is 0 Å². The van der Waals surface area contributed by atoms with Crippen molar-refractivity contribution in [3.8, 4) is 0 Å². The molecule has 0 bridgehead atoms. The predicted octanol–water partition coefficient (Wildman–Crippen LogP) is 3.00. The van der Waals surface area contributed by atoms with Gasteiger partial charge in [-0.15, -0.1) is 0 Å². The number of rotatable bonds is 5. The lowest BCUT2D eigenvalue weighted by atomic mass is 10.1. The minimum Gasteiger partial charge on any atom is -0.211 e. The topological polar surface area (TPSA) is 46.2 Å². The lowest BCUT2D eigenvalue weighted by Crippen LogP contribution is -2.26. The molecule has 0 fully saturated rings. The molecule has 0 saturated carbocycles. The van der Waals surface area contributed by atoms with E-state index in [1.54, 1.807) is 6.07 Å². The average Bonchev–Trinajstić information content (AvgIpc) is 2.96. The zero-order valence-corrected chi connectivity index (χ0v) is 13.6. The number of fused-ring (bicyclic) bond motifs is 1. The van der Waals surface area contributed by atoms with Crippen molar-refractivity contribution in [2.75, 3.05) is 6.54 Å². The third-order valence-electron chi connectivity index (χ3n) is 4.33. The highest BCUT2D eigenvalue weighted by molar-refractivity contribution is 7.89. The first-order valence-corrected chi connectivity index (χ1v) is 9.20. The van der Waals surface area contributed by atoms with Crippen LogP contribution in [-0.4, -0.2) is 15.0 Å². The first-order valence-electron chi connectivity index (χ1n) is 7.72. The van der Waals surface area contributed by atoms with Crippen molar-refractivity contribution in [1.29, 1.82) is 0 Å². The fourth-order valence-electron chi connectivity index (χ4n) is 3.01. The number of nitrogens with one attached hydrogen (secondary N) is 1. The highest BCUT2D eigenvalue weighted by Gasteiger charge is 2.18. The van der Waals surface area contributed by atoms with Gasteiger partial charge >= 0.3 is 0 Å². The Morgan fingerprint density at radius 2 is 1.82 bits per heavy atom. The van der Waals surface area contributed by atoms with Crippen LogP contribution in [0, 0.1) is 6.92 Å². The van der Waals surface area contributed by atoms with Gasteiger partial charge in [0.25, 0.3) is 0 Å². The summed E-state index contributed by atoms with van der Waals surface area (Å²) in [5, 5.41) is 0. The van der Waals surface area contributed by atoms with Crippen LogP contribution in [0.1, 0.15) is 28.7 Å². The number of sulfonamides is 1. The molecule has 3 nitrogen and oxygen atoms in total. The van der Waals surface area contributed by atoms with Gasteiger partial charge in [0.1, 0.15) is 0 Å². The summed E-state index contributed by atoms with van der Waals surface area (Å²) in [6.07, 6.45) is 3.88. The summed E-state index contributed by atoms with van der Waals surface area (Å²) < 4.78 is 27.5. The van der Waals surface area contributed by atoms with Crippen LogP contribution >= 0.6 is 0 Å². The first kappa shape index (κ1) is 15.3. The summed E-state index contributed by atoms with van der Waals surface area (Å²) in [6.45, 7) is 2.47. The molecule has 0 heterocycles. The van der Waals surface area contributed by atoms with Gasteiger partial charge in [0.15, 0.2) is 0 Å². The smallest absolute Gasteiger partial charge is 0.211 e. The molecule has 1 aliphatic carbocycles. The highest BCUT2D eigenvalue weighted by Crippen LogP contribution is 2.24. The van der Waals surface area contributed by atoms with Crippen LogP contribution in [-0.2, 0) is 29.3 Å². The lowest BCUT2D eigenvalue weighted by molar-refractivity contribution is 0.581. The van der Waals surface area contributed by atoms with Crippen molar-refractivity contribution in [1.82, 2.24) is 4.72 Å². The molecule has 0 spiro atoms. The minimum atomic E-state index is -3.41. The molecule has 2 aromatic rings. The molecule has 2 aromatic carbocycles. The maximum Gasteiger partial charge on any atom is 0.240 e. The van der Waals surface area contributed by atoms with Crippen molar-refractivity contribution in [2.45, 2.75) is 37.5 Å². The van der Waals surface area contributed by atoms with Crippen molar-refractivity contribution < 1.29 is 8.42 Å². The molecule has 0 aliphatic heterocycles. The second-order valence-electron chi connectivity index (χ2n) is 5.86. The molecule has 0 unspecified atom stereocenters. The SMILES string of the molecule is Cc1ccccc1CCNS(=O)(=O)c1ccc2c(c1)CCC2. The Morgan fingerprint density at radius 1 is 1.05 bits per heavy atom. The van der Waals surface area contributed by atoms with Crippen LogP contribution in [0.25, 0.3) is 0 Å². The van der Waals surface area contributed by atoms with Crippen molar-refractivity contribution in [3.05, 3.63) is 64.7 Å². The van der Waals surface area contributed by atoms with Gasteiger partial charge in [0.05, 0.1) is 4.90 Å². The molecule has 1 N–H and O–H groups in total. The zero-order valence-electron chi connectivity index (χ0n) is 12.8. The Bertz CT molecular complexity index is 781. The standard InChI is InChI=1S/C18H21NO2S/c1-14-5-2-3-6-15(14)11-12-19-22(20,21)18-10-9-16-7-4-8-17(16)13-18/h2-3,5-6,9-10,13,19H,4,7-8,11-12H2,1H3. The largest absolute Gasteiger partial charge is 0.240 e. The molecule has 0 saturated heterocycles. The van der Waals surface area contributed by atoms with Gasteiger partial charge in [-0.25, -0.2) is 13.1 Å². The van der Waals surface area contributed by atoms with E-state index in [4.69, 9.17) is 0 Å². The van der Waals surface area contributed by atoms with E-state index in [9.17, 15) is 8.42 Å². The van der Waals surface area contributed by atoms with Crippen molar-refractivity contribution in [2.24, 2.45) is 0 Å². The van der Waals surface area contributed by atoms with E-state index < -0.39 is 10.0 Å². The van der Waals surface area contributed by atoms with E-state index in [0.29, 0.717) is 17.9 Å². The van der Waals surface area contributed by atoms with E-state index in [1.807, 2.05) is 43.3 Å². The Morgan fingerprint density at radius 3 is 2.64 bits per heavy atom. The Balaban J connectivity index is 1.68. The molecule has 3 rings (SSSR count). The molecule has 0 amide bonds. The molecular weight excluding hydrogens is 294 g/mol. The molecule has 0 radical (unpaired) electrons. The number of aryl methyl sites for hydroxylation is 3. The molecule has 4 heteroatoms. The molecule has 1 aliphatic rings. The fourth-order valence-corrected chi connectivity index (χ4v) is 4.09. The van der Waals surface area contributed by atoms with Gasteiger partial charge in [-0.3, -0.25) is 0 Å². The van der Waals surface area contributed by atoms with Gasteiger partial charge in [-0.2, -0.15) is 0 Å². The maximum atomic E-state index is 12.4. The molecule has 0 aromatic heterocycles. The number of benzene rings is 2. The van der Waals surface area contributed by atoms with E-state index in [1.165, 1.54) is 22.3 Å². The molecular formula is C18H21NO2S. The number of hydrogen-bond donors (Lipinski definition) is 1. The Labute approximate surface area is 132 Å². The summed E-state index contributed by atoms with van der Waals surface area (Å²) in [5.74, 6) is 0. The zero-order chi connectivity index (χ0) is 15.6. The average molecular weight is 315 g/mol. The van der Waals surface area contributed by atoms with Gasteiger partial charge in [-0.1, -0.05) is 30.3 Å². The lowest BCUT2D eigenvalue weighted by Gasteiger charge is -2.09. The molecule has 116 valence electrons. The van der Waals surface area contributed by atoms with Crippen LogP contribution in [0.4, 0.5) is 0 Å². The fraction of sp³-hybridized carbons (Fsp3) is 0.333. The van der Waals surface area contributed by atoms with Crippen LogP contribution in [0.5, 0.6) is 0 Å². The minimum absolute atomic E-state index is 0.387. The van der Waals surface area contributed by atoms with Crippen LogP contribution in [0.15, 0.2) is 47.4 Å². The third kappa shape index (κ3) is 3.23. The van der Waals surface area contributed by atoms with E-state index in [-0.39, 0.29) is 0 Å².